The van der Waals surface area contributed by atoms with Crippen LogP contribution in [0.2, 0.25) is 0 Å². The van der Waals surface area contributed by atoms with Crippen LogP contribution in [0.5, 0.6) is 0 Å². The molecule has 1 aliphatic carbocycles. The summed E-state index contributed by atoms with van der Waals surface area (Å²) >= 11 is 2.11. The zero-order chi connectivity index (χ0) is 5.82. The Labute approximate surface area is 56.0 Å². The highest BCUT2D eigenvalue weighted by atomic mass is 32.2. The average molecular weight is 129 g/mol. The molecule has 1 fully saturated rings. The van der Waals surface area contributed by atoms with Gasteiger partial charge < -0.3 is 0 Å². The van der Waals surface area contributed by atoms with Crippen molar-refractivity contribution in [3.63, 3.8) is 0 Å². The van der Waals surface area contributed by atoms with Crippen LogP contribution in [-0.4, -0.2) is 11.0 Å². The lowest BCUT2D eigenvalue weighted by molar-refractivity contribution is 1.10. The molecule has 1 heteroatoms. The molecule has 0 bridgehead atoms. The summed E-state index contributed by atoms with van der Waals surface area (Å²) in [5, 5.41) is 1.04. The molecule has 0 heterocycles. The molecule has 0 atom stereocenters. The Morgan fingerprint density at radius 1 is 1.62 bits per heavy atom. The second-order valence-electron chi connectivity index (χ2n) is 2.23. The van der Waals surface area contributed by atoms with E-state index in [1.165, 1.54) is 25.0 Å². The van der Waals surface area contributed by atoms with Gasteiger partial charge in [0.05, 0.1) is 0 Å². The first-order valence-corrected chi connectivity index (χ1v) is 4.41. The Balaban J connectivity index is 1.74. The molecule has 0 aliphatic heterocycles. The molecule has 0 saturated heterocycles. The van der Waals surface area contributed by atoms with E-state index in [2.05, 4.69) is 25.1 Å². The van der Waals surface area contributed by atoms with Crippen molar-refractivity contribution in [1.29, 1.82) is 0 Å². The highest BCUT2D eigenvalue weighted by Gasteiger charge is 2.20. The van der Waals surface area contributed by atoms with Gasteiger partial charge in [0.15, 0.2) is 0 Å². The van der Waals surface area contributed by atoms with E-state index < -0.39 is 0 Å². The van der Waals surface area contributed by atoms with Crippen molar-refractivity contribution >= 4 is 11.8 Å². The summed E-state index contributed by atoms with van der Waals surface area (Å²) in [5.74, 6) is 1.28. The zero-order valence-corrected chi connectivity index (χ0v) is 6.21. The molecule has 0 amide bonds. The van der Waals surface area contributed by atoms with Crippen molar-refractivity contribution in [2.24, 2.45) is 0 Å². The van der Waals surface area contributed by atoms with Crippen LogP contribution >= 0.6 is 11.8 Å². The van der Waals surface area contributed by atoms with Crippen molar-refractivity contribution in [3.05, 3.63) is 6.42 Å². The number of unbranched alkanes of at least 4 members (excludes halogenated alkanes) is 1. The summed E-state index contributed by atoms with van der Waals surface area (Å²) in [5.41, 5.74) is 0. The van der Waals surface area contributed by atoms with Crippen molar-refractivity contribution < 1.29 is 0 Å². The van der Waals surface area contributed by atoms with Crippen molar-refractivity contribution in [3.8, 4) is 0 Å². The standard InChI is InChI=1S/C7H13S/c1-2-3-6-8-7-4-5-7/h3,7H,2,4-6H2,1H3. The van der Waals surface area contributed by atoms with E-state index in [0.717, 1.165) is 5.25 Å². The second-order valence-corrected chi connectivity index (χ2v) is 3.56. The monoisotopic (exact) mass is 129 g/mol. The summed E-state index contributed by atoms with van der Waals surface area (Å²) in [7, 11) is 0. The maximum Gasteiger partial charge on any atom is 0.00479 e. The lowest BCUT2D eigenvalue weighted by Crippen LogP contribution is -1.80. The van der Waals surface area contributed by atoms with Crippen LogP contribution in [0.25, 0.3) is 0 Å². The maximum absolute atomic E-state index is 2.35. The van der Waals surface area contributed by atoms with Gasteiger partial charge in [-0.2, -0.15) is 11.8 Å². The van der Waals surface area contributed by atoms with Crippen molar-refractivity contribution in [1.82, 2.24) is 0 Å². The van der Waals surface area contributed by atoms with Crippen LogP contribution in [0.3, 0.4) is 0 Å². The third-order valence-electron chi connectivity index (χ3n) is 1.26. The van der Waals surface area contributed by atoms with Crippen molar-refractivity contribution in [2.75, 3.05) is 5.75 Å². The Morgan fingerprint density at radius 3 is 2.88 bits per heavy atom. The Kier molecular flexibility index (Phi) is 2.74. The molecule has 0 aromatic carbocycles. The summed E-state index contributed by atoms with van der Waals surface area (Å²) in [6.07, 6.45) is 6.53. The number of hydrogen-bond acceptors (Lipinski definition) is 1. The molecule has 1 rings (SSSR count). The first kappa shape index (κ1) is 6.47. The Morgan fingerprint density at radius 2 is 2.38 bits per heavy atom. The SMILES string of the molecule is CC[CH]CSC1CC1. The molecule has 0 aromatic rings. The van der Waals surface area contributed by atoms with Gasteiger partial charge in [-0.3, -0.25) is 0 Å². The summed E-state index contributed by atoms with van der Waals surface area (Å²) in [6, 6.07) is 0. The van der Waals surface area contributed by atoms with Gasteiger partial charge in [-0.1, -0.05) is 13.3 Å². The number of rotatable bonds is 4. The van der Waals surface area contributed by atoms with Gasteiger partial charge in [-0.05, 0) is 25.0 Å². The van der Waals surface area contributed by atoms with Crippen LogP contribution < -0.4 is 0 Å². The highest BCUT2D eigenvalue weighted by Crippen LogP contribution is 2.34. The lowest BCUT2D eigenvalue weighted by atomic mass is 10.4. The highest BCUT2D eigenvalue weighted by molar-refractivity contribution is 8.00. The molecule has 0 nitrogen and oxygen atoms in total. The molecule has 0 spiro atoms. The normalized spacial score (nSPS) is 19.1. The van der Waals surface area contributed by atoms with E-state index in [-0.39, 0.29) is 0 Å². The number of thioether (sulfide) groups is 1. The van der Waals surface area contributed by atoms with E-state index in [9.17, 15) is 0 Å². The van der Waals surface area contributed by atoms with Crippen LogP contribution in [0, 0.1) is 6.42 Å². The van der Waals surface area contributed by atoms with Crippen LogP contribution in [-0.2, 0) is 0 Å². The third kappa shape index (κ3) is 2.61. The molecular weight excluding hydrogens is 116 g/mol. The van der Waals surface area contributed by atoms with E-state index in [0.29, 0.717) is 0 Å². The molecule has 8 heavy (non-hydrogen) atoms. The van der Waals surface area contributed by atoms with E-state index >= 15 is 0 Å². The topological polar surface area (TPSA) is 0 Å². The van der Waals surface area contributed by atoms with Gasteiger partial charge in [0.1, 0.15) is 0 Å². The van der Waals surface area contributed by atoms with Gasteiger partial charge in [-0.15, -0.1) is 0 Å². The second kappa shape index (κ2) is 3.39. The van der Waals surface area contributed by atoms with E-state index in [1.807, 2.05) is 0 Å². The summed E-state index contributed by atoms with van der Waals surface area (Å²) < 4.78 is 0. The zero-order valence-electron chi connectivity index (χ0n) is 5.39. The smallest absolute Gasteiger partial charge is 0.00479 e. The maximum atomic E-state index is 2.35. The largest absolute Gasteiger partial charge is 0.158 e. The summed E-state index contributed by atoms with van der Waals surface area (Å²) in [4.78, 5) is 0. The molecule has 47 valence electrons. The first-order valence-electron chi connectivity index (χ1n) is 3.36. The third-order valence-corrected chi connectivity index (χ3v) is 2.63. The predicted molar refractivity (Wildman–Crippen MR) is 40.1 cm³/mol. The fraction of sp³-hybridized carbons (Fsp3) is 0.857. The summed E-state index contributed by atoms with van der Waals surface area (Å²) in [6.45, 7) is 2.20. The molecule has 1 radical (unpaired) electrons. The number of hydrogen-bond donors (Lipinski definition) is 0. The van der Waals surface area contributed by atoms with Gasteiger partial charge in [0, 0.05) is 5.25 Å². The average Bonchev–Trinajstić information content (AvgIpc) is 2.51. The van der Waals surface area contributed by atoms with Crippen LogP contribution in [0.4, 0.5) is 0 Å². The Hall–Kier alpha value is 0.350. The predicted octanol–water partition coefficient (Wildman–Crippen LogP) is 2.50. The minimum Gasteiger partial charge on any atom is -0.158 e. The van der Waals surface area contributed by atoms with E-state index in [4.69, 9.17) is 0 Å². The minimum atomic E-state index is 1.04. The quantitative estimate of drug-likeness (QED) is 0.525. The lowest BCUT2D eigenvalue weighted by Gasteiger charge is -1.92. The van der Waals surface area contributed by atoms with Crippen LogP contribution in [0.15, 0.2) is 0 Å². The minimum absolute atomic E-state index is 1.04. The van der Waals surface area contributed by atoms with Gasteiger partial charge in [-0.25, -0.2) is 0 Å². The van der Waals surface area contributed by atoms with Crippen molar-refractivity contribution in [2.45, 2.75) is 31.4 Å². The molecule has 0 aromatic heterocycles. The van der Waals surface area contributed by atoms with Crippen LogP contribution in [0.1, 0.15) is 26.2 Å². The molecule has 1 saturated carbocycles. The fourth-order valence-corrected chi connectivity index (χ4v) is 1.67. The van der Waals surface area contributed by atoms with Gasteiger partial charge in [0.2, 0.25) is 0 Å². The first-order chi connectivity index (χ1) is 3.93. The Bertz CT molecular complexity index is 57.4. The molecule has 0 unspecified atom stereocenters. The fourth-order valence-electron chi connectivity index (χ4n) is 0.557. The molecule has 0 N–H and O–H groups in total. The van der Waals surface area contributed by atoms with Gasteiger partial charge >= 0.3 is 0 Å². The molecular formula is C7H13S. The molecule has 1 aliphatic rings. The van der Waals surface area contributed by atoms with Gasteiger partial charge in [0.25, 0.3) is 0 Å². The van der Waals surface area contributed by atoms with E-state index in [1.54, 1.807) is 0 Å².